The van der Waals surface area contributed by atoms with Crippen molar-refractivity contribution in [3.63, 3.8) is 0 Å². The van der Waals surface area contributed by atoms with Gasteiger partial charge in [0, 0.05) is 25.7 Å². The van der Waals surface area contributed by atoms with E-state index in [0.717, 1.165) is 12.8 Å². The van der Waals surface area contributed by atoms with Crippen LogP contribution in [0.4, 0.5) is 11.4 Å². The van der Waals surface area contributed by atoms with Gasteiger partial charge in [-0.3, -0.25) is 4.79 Å². The molecule has 0 saturated heterocycles. The zero-order chi connectivity index (χ0) is 16.5. The molecule has 0 unspecified atom stereocenters. The predicted molar refractivity (Wildman–Crippen MR) is 85.1 cm³/mol. The Balaban J connectivity index is 2.92. The molecule has 0 heterocycles. The zero-order valence-electron chi connectivity index (χ0n) is 12.9. The number of carbonyl (C=O) groups excluding carboxylic acids is 1. The highest BCUT2D eigenvalue weighted by molar-refractivity contribution is 5.98. The molecule has 2 N–H and O–H groups in total. The van der Waals surface area contributed by atoms with Gasteiger partial charge in [-0.2, -0.15) is 5.26 Å². The molecule has 0 saturated carbocycles. The van der Waals surface area contributed by atoms with Crippen molar-refractivity contribution in [2.45, 2.75) is 32.6 Å². The lowest BCUT2D eigenvalue weighted by Crippen LogP contribution is -2.21. The number of rotatable bonds is 8. The van der Waals surface area contributed by atoms with Crippen LogP contribution in [-0.4, -0.2) is 30.6 Å². The quantitative estimate of drug-likeness (QED) is 0.770. The number of carboxylic acids is 1. The summed E-state index contributed by atoms with van der Waals surface area (Å²) in [6, 6.07) is 6.80. The molecule has 118 valence electrons. The van der Waals surface area contributed by atoms with Crippen LogP contribution in [-0.2, 0) is 4.79 Å². The second-order valence-corrected chi connectivity index (χ2v) is 5.02. The van der Waals surface area contributed by atoms with Crippen LogP contribution in [0.25, 0.3) is 0 Å². The van der Waals surface area contributed by atoms with Gasteiger partial charge in [0.25, 0.3) is 0 Å². The Bertz CT molecular complexity index is 578. The van der Waals surface area contributed by atoms with Gasteiger partial charge in [-0.05, 0) is 24.6 Å². The number of anilines is 2. The van der Waals surface area contributed by atoms with Gasteiger partial charge in [0.15, 0.2) is 0 Å². The molecule has 22 heavy (non-hydrogen) atoms. The Hall–Kier alpha value is -2.55. The van der Waals surface area contributed by atoms with E-state index in [1.54, 1.807) is 24.1 Å². The fraction of sp³-hybridized carbons (Fsp3) is 0.438. The highest BCUT2D eigenvalue weighted by Crippen LogP contribution is 2.24. The largest absolute Gasteiger partial charge is 0.478 e. The molecule has 0 aliphatic heterocycles. The number of unbranched alkanes of at least 4 members (excludes halogenated alkanes) is 1. The molecule has 0 spiro atoms. The first-order valence-electron chi connectivity index (χ1n) is 7.24. The van der Waals surface area contributed by atoms with Gasteiger partial charge < -0.3 is 15.3 Å². The summed E-state index contributed by atoms with van der Waals surface area (Å²) < 4.78 is 0. The van der Waals surface area contributed by atoms with E-state index in [1.807, 2.05) is 13.0 Å². The van der Waals surface area contributed by atoms with Crippen LogP contribution in [0.15, 0.2) is 18.2 Å². The summed E-state index contributed by atoms with van der Waals surface area (Å²) in [5, 5.41) is 20.7. The monoisotopic (exact) mass is 303 g/mol. The molecule has 0 fully saturated rings. The maximum atomic E-state index is 11.7. The van der Waals surface area contributed by atoms with Crippen LogP contribution < -0.4 is 10.2 Å². The van der Waals surface area contributed by atoms with Gasteiger partial charge >= 0.3 is 5.97 Å². The molecule has 0 radical (unpaired) electrons. The predicted octanol–water partition coefficient (Wildman–Crippen LogP) is 2.86. The number of carbonyl (C=O) groups is 2. The normalized spacial score (nSPS) is 9.86. The van der Waals surface area contributed by atoms with Crippen LogP contribution in [0.3, 0.4) is 0 Å². The smallest absolute Gasteiger partial charge is 0.337 e. The first kappa shape index (κ1) is 17.5. The SMILES string of the molecule is CCCCC(=O)Nc1ccc(N(C)CCC#N)c(C(=O)O)c1. The lowest BCUT2D eigenvalue weighted by atomic mass is 10.1. The van der Waals surface area contributed by atoms with Crippen molar-refractivity contribution in [1.82, 2.24) is 0 Å². The molecular weight excluding hydrogens is 282 g/mol. The van der Waals surface area contributed by atoms with Crippen LogP contribution >= 0.6 is 0 Å². The average Bonchev–Trinajstić information content (AvgIpc) is 2.50. The molecule has 1 rings (SSSR count). The molecular formula is C16H21N3O3. The number of hydrogen-bond donors (Lipinski definition) is 2. The number of benzene rings is 1. The summed E-state index contributed by atoms with van der Waals surface area (Å²) >= 11 is 0. The molecule has 0 bridgehead atoms. The Labute approximate surface area is 130 Å². The number of carboxylic acid groups (broad SMARTS) is 1. The Morgan fingerprint density at radius 3 is 2.73 bits per heavy atom. The number of nitriles is 1. The molecule has 6 heteroatoms. The van der Waals surface area contributed by atoms with Crippen molar-refractivity contribution in [2.75, 3.05) is 23.8 Å². The summed E-state index contributed by atoms with van der Waals surface area (Å²) in [7, 11) is 1.73. The fourth-order valence-electron chi connectivity index (χ4n) is 2.02. The van der Waals surface area contributed by atoms with Crippen LogP contribution in [0.2, 0.25) is 0 Å². The second-order valence-electron chi connectivity index (χ2n) is 5.02. The molecule has 0 aliphatic carbocycles. The average molecular weight is 303 g/mol. The van der Waals surface area contributed by atoms with Gasteiger partial charge in [-0.25, -0.2) is 4.79 Å². The van der Waals surface area contributed by atoms with Crippen molar-refractivity contribution in [3.05, 3.63) is 23.8 Å². The van der Waals surface area contributed by atoms with E-state index in [-0.39, 0.29) is 11.5 Å². The molecule has 1 aromatic carbocycles. The van der Waals surface area contributed by atoms with Gasteiger partial charge in [-0.1, -0.05) is 13.3 Å². The Morgan fingerprint density at radius 2 is 2.14 bits per heavy atom. The second kappa shape index (κ2) is 8.67. The molecule has 0 atom stereocenters. The van der Waals surface area contributed by atoms with Crippen LogP contribution in [0.5, 0.6) is 0 Å². The minimum absolute atomic E-state index is 0.105. The van der Waals surface area contributed by atoms with E-state index in [0.29, 0.717) is 30.8 Å². The van der Waals surface area contributed by atoms with E-state index in [2.05, 4.69) is 5.32 Å². The Morgan fingerprint density at radius 1 is 1.41 bits per heavy atom. The topological polar surface area (TPSA) is 93.4 Å². The first-order chi connectivity index (χ1) is 10.5. The van der Waals surface area contributed by atoms with Crippen LogP contribution in [0.1, 0.15) is 43.0 Å². The number of hydrogen-bond acceptors (Lipinski definition) is 4. The summed E-state index contributed by atoms with van der Waals surface area (Å²) in [6.45, 7) is 2.45. The van der Waals surface area contributed by atoms with E-state index in [1.165, 1.54) is 6.07 Å². The van der Waals surface area contributed by atoms with Crippen molar-refractivity contribution in [3.8, 4) is 6.07 Å². The van der Waals surface area contributed by atoms with Gasteiger partial charge in [0.05, 0.1) is 23.7 Å². The van der Waals surface area contributed by atoms with Crippen molar-refractivity contribution in [1.29, 1.82) is 5.26 Å². The first-order valence-corrected chi connectivity index (χ1v) is 7.24. The Kier molecular flexibility index (Phi) is 6.90. The van der Waals surface area contributed by atoms with E-state index >= 15 is 0 Å². The molecule has 1 aromatic rings. The lowest BCUT2D eigenvalue weighted by molar-refractivity contribution is -0.116. The summed E-state index contributed by atoms with van der Waals surface area (Å²) in [5.74, 6) is -1.19. The van der Waals surface area contributed by atoms with Crippen molar-refractivity contribution in [2.24, 2.45) is 0 Å². The van der Waals surface area contributed by atoms with E-state index in [4.69, 9.17) is 5.26 Å². The summed E-state index contributed by atoms with van der Waals surface area (Å²) in [4.78, 5) is 24.8. The minimum Gasteiger partial charge on any atom is -0.478 e. The number of amides is 1. The summed E-state index contributed by atoms with van der Waals surface area (Å²) in [6.07, 6.45) is 2.46. The highest BCUT2D eigenvalue weighted by Gasteiger charge is 2.15. The van der Waals surface area contributed by atoms with Crippen molar-refractivity contribution >= 4 is 23.3 Å². The van der Waals surface area contributed by atoms with E-state index in [9.17, 15) is 14.7 Å². The van der Waals surface area contributed by atoms with Gasteiger partial charge in [0.1, 0.15) is 0 Å². The molecule has 6 nitrogen and oxygen atoms in total. The highest BCUT2D eigenvalue weighted by atomic mass is 16.4. The lowest BCUT2D eigenvalue weighted by Gasteiger charge is -2.20. The third-order valence-corrected chi connectivity index (χ3v) is 3.24. The number of aromatic carboxylic acids is 1. The third-order valence-electron chi connectivity index (χ3n) is 3.24. The minimum atomic E-state index is -1.07. The molecule has 0 aliphatic rings. The third kappa shape index (κ3) is 5.09. The number of nitrogens with one attached hydrogen (secondary N) is 1. The fourth-order valence-corrected chi connectivity index (χ4v) is 2.02. The zero-order valence-corrected chi connectivity index (χ0v) is 12.9. The van der Waals surface area contributed by atoms with Gasteiger partial charge in [-0.15, -0.1) is 0 Å². The van der Waals surface area contributed by atoms with Gasteiger partial charge in [0.2, 0.25) is 5.91 Å². The maximum Gasteiger partial charge on any atom is 0.337 e. The maximum absolute atomic E-state index is 11.7. The molecule has 0 aromatic heterocycles. The summed E-state index contributed by atoms with van der Waals surface area (Å²) in [5.41, 5.74) is 1.10. The standard InChI is InChI=1S/C16H21N3O3/c1-3-4-6-15(20)18-12-7-8-14(13(11-12)16(21)22)19(2)10-5-9-17/h7-8,11H,3-6,10H2,1-2H3,(H,18,20)(H,21,22). The molecule has 1 amide bonds. The van der Waals surface area contributed by atoms with Crippen molar-refractivity contribution < 1.29 is 14.7 Å². The van der Waals surface area contributed by atoms with E-state index < -0.39 is 5.97 Å². The number of nitrogens with zero attached hydrogens (tertiary/aromatic N) is 2. The van der Waals surface area contributed by atoms with Crippen LogP contribution in [0, 0.1) is 11.3 Å².